The Hall–Kier alpha value is -4.02. The fourth-order valence-electron chi connectivity index (χ4n) is 4.43. The first-order valence-corrected chi connectivity index (χ1v) is 10.9. The van der Waals surface area contributed by atoms with E-state index in [0.717, 1.165) is 54.2 Å². The number of rotatable bonds is 3. The Labute approximate surface area is 191 Å². The van der Waals surface area contributed by atoms with Gasteiger partial charge in [0.15, 0.2) is 0 Å². The van der Waals surface area contributed by atoms with Crippen LogP contribution in [-0.2, 0) is 0 Å². The second-order valence-corrected chi connectivity index (χ2v) is 8.16. The number of pyridine rings is 2. The summed E-state index contributed by atoms with van der Waals surface area (Å²) in [6.07, 6.45) is 1.70. The molecule has 0 saturated carbocycles. The number of hydrogen-bond donors (Lipinski definition) is 2. The van der Waals surface area contributed by atoms with Crippen LogP contribution < -0.4 is 16.0 Å². The van der Waals surface area contributed by atoms with Crippen LogP contribution >= 0.6 is 0 Å². The molecule has 1 saturated heterocycles. The summed E-state index contributed by atoms with van der Waals surface area (Å²) in [5, 5.41) is 14.6. The van der Waals surface area contributed by atoms with Crippen LogP contribution in [0.4, 0.5) is 16.0 Å². The van der Waals surface area contributed by atoms with Gasteiger partial charge in [-0.25, -0.2) is 14.4 Å². The molecule has 0 spiro atoms. The molecule has 0 bridgehead atoms. The van der Waals surface area contributed by atoms with Gasteiger partial charge >= 0.3 is 0 Å². The smallest absolute Gasteiger partial charge is 0.131 e. The molecular weight excluding hydrogens is 415 g/mol. The maximum atomic E-state index is 14.8. The number of aromatic nitrogens is 2. The van der Waals surface area contributed by atoms with Gasteiger partial charge in [-0.3, -0.25) is 0 Å². The Morgan fingerprint density at radius 3 is 2.61 bits per heavy atom. The van der Waals surface area contributed by atoms with Gasteiger partial charge in [0.2, 0.25) is 0 Å². The molecule has 0 radical (unpaired) electrons. The van der Waals surface area contributed by atoms with E-state index in [1.807, 2.05) is 37.3 Å². The Bertz CT molecular complexity index is 1380. The summed E-state index contributed by atoms with van der Waals surface area (Å²) in [5.41, 5.74) is 9.79. The molecule has 6 nitrogen and oxygen atoms in total. The first-order valence-electron chi connectivity index (χ1n) is 10.9. The number of aryl methyl sites for hydroxylation is 1. The number of anilines is 2. The molecule has 1 aliphatic rings. The van der Waals surface area contributed by atoms with Gasteiger partial charge in [-0.05, 0) is 48.2 Å². The second-order valence-electron chi connectivity index (χ2n) is 8.16. The molecule has 0 unspecified atom stereocenters. The number of nitrogens with two attached hydrogens (primary N) is 1. The molecule has 164 valence electrons. The number of piperazine rings is 1. The van der Waals surface area contributed by atoms with Gasteiger partial charge < -0.3 is 16.0 Å². The topological polar surface area (TPSA) is 90.9 Å². The molecule has 0 amide bonds. The lowest BCUT2D eigenvalue weighted by Gasteiger charge is -2.28. The number of nitriles is 1. The zero-order chi connectivity index (χ0) is 22.9. The number of halogens is 1. The van der Waals surface area contributed by atoms with Crippen LogP contribution in [0.25, 0.3) is 33.2 Å². The average molecular weight is 439 g/mol. The van der Waals surface area contributed by atoms with Crippen LogP contribution in [0.3, 0.4) is 0 Å². The first-order chi connectivity index (χ1) is 16.1. The lowest BCUT2D eigenvalue weighted by atomic mass is 9.91. The molecule has 2 aromatic carbocycles. The highest BCUT2D eigenvalue weighted by atomic mass is 19.1. The van der Waals surface area contributed by atoms with Crippen molar-refractivity contribution in [2.45, 2.75) is 6.92 Å². The lowest BCUT2D eigenvalue weighted by molar-refractivity contribution is 0.585. The highest BCUT2D eigenvalue weighted by molar-refractivity contribution is 6.04. The van der Waals surface area contributed by atoms with E-state index in [4.69, 9.17) is 10.7 Å². The van der Waals surface area contributed by atoms with Crippen LogP contribution in [0.15, 0.2) is 54.7 Å². The van der Waals surface area contributed by atoms with Crippen molar-refractivity contribution >= 4 is 22.4 Å². The fraction of sp³-hybridized carbons (Fsp3) is 0.192. The fourth-order valence-corrected chi connectivity index (χ4v) is 4.43. The minimum Gasteiger partial charge on any atom is -0.383 e. The maximum absolute atomic E-state index is 14.8. The summed E-state index contributed by atoms with van der Waals surface area (Å²) in [6, 6.07) is 16.6. The minimum absolute atomic E-state index is 0.320. The summed E-state index contributed by atoms with van der Waals surface area (Å²) in [5.74, 6) is 0.853. The third-order valence-corrected chi connectivity index (χ3v) is 6.12. The molecule has 5 rings (SSSR count). The van der Waals surface area contributed by atoms with Crippen LogP contribution in [0.1, 0.15) is 11.1 Å². The minimum atomic E-state index is -0.367. The summed E-state index contributed by atoms with van der Waals surface area (Å²) < 4.78 is 14.8. The average Bonchev–Trinajstić information content (AvgIpc) is 2.84. The molecule has 1 fully saturated rings. The Morgan fingerprint density at radius 1 is 1.06 bits per heavy atom. The highest BCUT2D eigenvalue weighted by Gasteiger charge is 2.18. The largest absolute Gasteiger partial charge is 0.383 e. The lowest BCUT2D eigenvalue weighted by Crippen LogP contribution is -2.43. The van der Waals surface area contributed by atoms with Crippen molar-refractivity contribution in [3.63, 3.8) is 0 Å². The quantitative estimate of drug-likeness (QED) is 0.496. The Kier molecular flexibility index (Phi) is 5.37. The molecule has 3 heterocycles. The third kappa shape index (κ3) is 3.75. The van der Waals surface area contributed by atoms with E-state index in [0.29, 0.717) is 27.9 Å². The molecule has 33 heavy (non-hydrogen) atoms. The van der Waals surface area contributed by atoms with Gasteiger partial charge in [0, 0.05) is 54.5 Å². The van der Waals surface area contributed by atoms with Crippen LogP contribution in [0.2, 0.25) is 0 Å². The van der Waals surface area contributed by atoms with Crippen molar-refractivity contribution in [2.24, 2.45) is 0 Å². The van der Waals surface area contributed by atoms with Gasteiger partial charge in [-0.2, -0.15) is 5.26 Å². The number of hydrogen-bond acceptors (Lipinski definition) is 6. The van der Waals surface area contributed by atoms with E-state index in [9.17, 15) is 9.65 Å². The number of benzene rings is 2. The number of nitrogens with one attached hydrogen (secondary N) is 1. The monoisotopic (exact) mass is 438 g/mol. The van der Waals surface area contributed by atoms with Crippen molar-refractivity contribution in [1.29, 1.82) is 5.26 Å². The van der Waals surface area contributed by atoms with Gasteiger partial charge in [0.1, 0.15) is 17.5 Å². The SMILES string of the molecule is Cc1cccc(F)c1-c1cc2c(-c3cccc(N4CCNCC4)n3)cnc(N)c2cc1C#N. The normalized spacial score (nSPS) is 13.8. The zero-order valence-corrected chi connectivity index (χ0v) is 18.3. The maximum Gasteiger partial charge on any atom is 0.131 e. The van der Waals surface area contributed by atoms with E-state index < -0.39 is 0 Å². The molecule has 3 N–H and O–H groups in total. The molecule has 7 heteroatoms. The predicted molar refractivity (Wildman–Crippen MR) is 129 cm³/mol. The molecule has 1 aliphatic heterocycles. The number of nitrogens with zero attached hydrogens (tertiary/aromatic N) is 4. The third-order valence-electron chi connectivity index (χ3n) is 6.12. The molecule has 0 aliphatic carbocycles. The number of fused-ring (bicyclic) bond motifs is 1. The van der Waals surface area contributed by atoms with E-state index in [1.165, 1.54) is 6.07 Å². The van der Waals surface area contributed by atoms with E-state index in [2.05, 4.69) is 21.3 Å². The van der Waals surface area contributed by atoms with E-state index in [1.54, 1.807) is 18.3 Å². The van der Waals surface area contributed by atoms with Crippen LogP contribution in [0, 0.1) is 24.1 Å². The predicted octanol–water partition coefficient (Wildman–Crippen LogP) is 4.27. The van der Waals surface area contributed by atoms with Crippen molar-refractivity contribution in [2.75, 3.05) is 36.8 Å². The highest BCUT2D eigenvalue weighted by Crippen LogP contribution is 2.37. The standard InChI is InChI=1S/C26H23FN6/c1-16-4-2-5-22(27)25(16)18-13-19-20(12-17(18)14-28)26(29)31-15-21(19)23-6-3-7-24(32-23)33-10-8-30-9-11-33/h2-7,12-13,15,30H,8-11H2,1H3,(H2,29,31). The van der Waals surface area contributed by atoms with Crippen LogP contribution in [-0.4, -0.2) is 36.1 Å². The molecule has 2 aromatic heterocycles. The summed E-state index contributed by atoms with van der Waals surface area (Å²) in [4.78, 5) is 11.5. The second kappa shape index (κ2) is 8.49. The number of nitrogen functional groups attached to an aromatic ring is 1. The van der Waals surface area contributed by atoms with Gasteiger partial charge in [-0.15, -0.1) is 0 Å². The Balaban J connectivity index is 1.73. The van der Waals surface area contributed by atoms with Crippen LogP contribution in [0.5, 0.6) is 0 Å². The zero-order valence-electron chi connectivity index (χ0n) is 18.3. The van der Waals surface area contributed by atoms with Crippen molar-refractivity contribution in [3.05, 3.63) is 71.7 Å². The summed E-state index contributed by atoms with van der Waals surface area (Å²) in [6.45, 7) is 5.45. The van der Waals surface area contributed by atoms with E-state index in [-0.39, 0.29) is 5.82 Å². The molecule has 0 atom stereocenters. The van der Waals surface area contributed by atoms with Gasteiger partial charge in [0.25, 0.3) is 0 Å². The summed E-state index contributed by atoms with van der Waals surface area (Å²) >= 11 is 0. The van der Waals surface area contributed by atoms with Gasteiger partial charge in [-0.1, -0.05) is 18.2 Å². The molecule has 4 aromatic rings. The van der Waals surface area contributed by atoms with Gasteiger partial charge in [0.05, 0.1) is 17.3 Å². The van der Waals surface area contributed by atoms with Crippen molar-refractivity contribution < 1.29 is 4.39 Å². The Morgan fingerprint density at radius 2 is 1.85 bits per heavy atom. The first kappa shape index (κ1) is 20.9. The summed E-state index contributed by atoms with van der Waals surface area (Å²) in [7, 11) is 0. The molecular formula is C26H23FN6. The van der Waals surface area contributed by atoms with Crippen molar-refractivity contribution in [3.8, 4) is 28.5 Å². The van der Waals surface area contributed by atoms with E-state index >= 15 is 0 Å². The van der Waals surface area contributed by atoms with Crippen molar-refractivity contribution in [1.82, 2.24) is 15.3 Å².